The number of benzene rings is 5. The maximum Gasteiger partial charge on any atom is 0.336 e. The Hall–Kier alpha value is -14.8. The van der Waals surface area contributed by atoms with Crippen molar-refractivity contribution >= 4 is 46.3 Å². The van der Waals surface area contributed by atoms with Crippen LogP contribution >= 0.6 is 0 Å². The van der Waals surface area contributed by atoms with E-state index in [2.05, 4.69) is 67.0 Å². The molecule has 0 radical (unpaired) electrons. The molecule has 0 spiro atoms. The first-order chi connectivity index (χ1) is 63.8. The lowest BCUT2D eigenvalue weighted by Gasteiger charge is -2.44. The van der Waals surface area contributed by atoms with Crippen LogP contribution in [0.5, 0.6) is 0 Å². The molecule has 6 atom stereocenters. The minimum Gasteiger partial charge on any atom is -0.357 e. The second kappa shape index (κ2) is 41.1. The van der Waals surface area contributed by atoms with E-state index in [1.807, 2.05) is 184 Å². The van der Waals surface area contributed by atoms with Crippen LogP contribution in [0.4, 0.5) is 27.2 Å². The highest BCUT2D eigenvalue weighted by molar-refractivity contribution is 5.82. The van der Waals surface area contributed by atoms with Crippen molar-refractivity contribution in [2.24, 2.45) is 28.7 Å². The number of piperidine rings is 5. The molecular formula is C100H110N26O5. The van der Waals surface area contributed by atoms with Gasteiger partial charge in [0.1, 0.15) is 34.4 Å². The number of fused-ring (bicyclic) bond motifs is 5. The molecule has 1 unspecified atom stereocenters. The number of amides is 4. The maximum absolute atomic E-state index is 13.3. The van der Waals surface area contributed by atoms with E-state index in [4.69, 9.17) is 33.7 Å². The molecule has 6 fully saturated rings. The third-order valence-electron chi connectivity index (χ3n) is 25.8. The number of urea groups is 2. The van der Waals surface area contributed by atoms with Gasteiger partial charge in [-0.15, -0.1) is 0 Å². The molecule has 10 N–H and O–H groups in total. The quantitative estimate of drug-likeness (QED) is 0.0637. The summed E-state index contributed by atoms with van der Waals surface area (Å²) in [6, 6.07) is 62.1. The van der Waals surface area contributed by atoms with E-state index in [0.29, 0.717) is 90.7 Å². The highest BCUT2D eigenvalue weighted by Gasteiger charge is 2.41. The second-order valence-corrected chi connectivity index (χ2v) is 34.8. The molecule has 15 heterocycles. The molecule has 31 heteroatoms. The minimum absolute atomic E-state index is 0.0527. The Kier molecular flexibility index (Phi) is 28.1. The number of hydrogen-bond acceptors (Lipinski definition) is 21. The molecule has 6 aromatic heterocycles. The van der Waals surface area contributed by atoms with Gasteiger partial charge in [-0.05, 0) is 184 Å². The zero-order valence-corrected chi connectivity index (χ0v) is 73.6. The smallest absolute Gasteiger partial charge is 0.336 e. The van der Waals surface area contributed by atoms with Gasteiger partial charge in [-0.1, -0.05) is 103 Å². The van der Waals surface area contributed by atoms with Gasteiger partial charge in [0.05, 0.1) is 109 Å². The van der Waals surface area contributed by atoms with Crippen LogP contribution in [0.25, 0.3) is 16.7 Å². The zero-order valence-electron chi connectivity index (χ0n) is 73.6. The van der Waals surface area contributed by atoms with Crippen molar-refractivity contribution in [2.45, 2.75) is 146 Å². The van der Waals surface area contributed by atoms with E-state index >= 15 is 0 Å². The SMILES string of the molecule is N#Cc1ccccc1CN1C(=O)N2CC=CC=C2C=C1N1CCC[C@@H](N)C1.N#Cc1ccccc1CN1C(=O)N2CCCC2C=C1N1CCC[C@@H](N)C1.N#Cc1ccccc1Cn1c(N2CCC[C@@H](N)C2)cc2cccn2c1=O.N#Cc1ccccc1Cn1c(N2CCC[C@@H](N)C2)cn2cccc2c1=O.N#Cc1ccccc1Cn1c(N2CCC[C@@H](N)C2)nc2cccn2c1=O. The van der Waals surface area contributed by atoms with Gasteiger partial charge in [0.15, 0.2) is 0 Å². The molecule has 131 heavy (non-hydrogen) atoms. The van der Waals surface area contributed by atoms with Gasteiger partial charge in [0.25, 0.3) is 5.56 Å². The molecule has 5 aromatic carbocycles. The van der Waals surface area contributed by atoms with Crippen LogP contribution in [0, 0.1) is 56.7 Å². The third kappa shape index (κ3) is 20.1. The van der Waals surface area contributed by atoms with Crippen LogP contribution in [0.2, 0.25) is 0 Å². The number of aromatic nitrogens is 7. The number of carbonyl (C=O) groups excluding carboxylic acids is 2. The Morgan fingerprint density at radius 2 is 0.832 bits per heavy atom. The summed E-state index contributed by atoms with van der Waals surface area (Å²) in [6.45, 7) is 11.2. The summed E-state index contributed by atoms with van der Waals surface area (Å²) in [4.78, 5) is 88.9. The zero-order chi connectivity index (χ0) is 91.2. The fourth-order valence-corrected chi connectivity index (χ4v) is 19.0. The summed E-state index contributed by atoms with van der Waals surface area (Å²) in [7, 11) is 0. The topological polar surface area (TPSA) is 404 Å². The first kappa shape index (κ1) is 89.6. The van der Waals surface area contributed by atoms with Crippen molar-refractivity contribution < 1.29 is 9.59 Å². The summed E-state index contributed by atoms with van der Waals surface area (Å²) in [5.74, 6) is 4.18. The molecule has 9 aliphatic heterocycles. The van der Waals surface area contributed by atoms with Gasteiger partial charge in [-0.2, -0.15) is 31.3 Å². The molecule has 4 amide bonds. The number of hydrogen-bond donors (Lipinski definition) is 5. The van der Waals surface area contributed by atoms with Crippen LogP contribution in [0.3, 0.4) is 0 Å². The van der Waals surface area contributed by atoms with E-state index in [9.17, 15) is 50.3 Å². The van der Waals surface area contributed by atoms with E-state index in [1.54, 1.807) is 64.6 Å². The highest BCUT2D eigenvalue weighted by atomic mass is 16.2. The van der Waals surface area contributed by atoms with Crippen LogP contribution in [-0.4, -0.2) is 188 Å². The molecule has 20 rings (SSSR count). The Balaban J connectivity index is 0.000000120. The molecule has 0 aliphatic carbocycles. The normalized spacial score (nSPS) is 20.0. The van der Waals surface area contributed by atoms with Crippen LogP contribution in [0.1, 0.15) is 133 Å². The molecule has 11 aromatic rings. The highest BCUT2D eigenvalue weighted by Crippen LogP contribution is 2.35. The Morgan fingerprint density at radius 3 is 1.37 bits per heavy atom. The Morgan fingerprint density at radius 1 is 0.405 bits per heavy atom. The standard InChI is InChI=1S/C21H23N5O.C20H21N5O.C20H25N5O.C20H21N5O.C19H20N6O/c22-13-16-6-1-2-7-17(16)14-26-20(24-10-5-8-18(23)15-24)12-19-9-3-4-11-25(19)21(26)27;21-11-15-5-1-2-6-16(15)12-25-19(24-10-3-7-17(22)13-24)14-23-9-4-8-18(23)20(25)26;2*21-12-15-5-1-2-6-16(15)13-25-19(23-9-3-7-17(22)14-23)11-18-8-4-10-24(18)20(25)26;20-11-14-5-1-2-6-15(14)12-25-18(23-9-3-7-16(21)13-23)22-17-8-4-10-24(17)19(25)26/h1-4,6-7,9,12,18H,5,8,10-11,14-15,23H2;1-2,4-6,8-9,14,17H,3,7,10,12-13,22H2;1-2,5-6,11,17-18H,3-4,7-10,13-14,22H2;1-2,4-6,8,10-11,17H,3,7,9,13-14,22H2;1-2,4-6,8,10,16H,3,7,9,12-13,21H2/t18-;17-;17-,18?;17-;16-/m11111/s1. The molecule has 670 valence electrons. The van der Waals surface area contributed by atoms with Gasteiger partial charge >= 0.3 is 23.4 Å². The molecule has 0 bridgehead atoms. The number of likely N-dealkylation sites (tertiary alicyclic amines) is 2. The fraction of sp³-hybridized carbons (Fsp3) is 0.350. The molecule has 0 saturated carbocycles. The Bertz CT molecular complexity index is 6190. The first-order valence-electron chi connectivity index (χ1n) is 45.3. The lowest BCUT2D eigenvalue weighted by molar-refractivity contribution is 0.120. The van der Waals surface area contributed by atoms with Gasteiger partial charge in [-0.25, -0.2) is 19.2 Å². The van der Waals surface area contributed by atoms with E-state index in [-0.39, 0.29) is 65.3 Å². The number of nitrogens with two attached hydrogens (primary N) is 5. The summed E-state index contributed by atoms with van der Waals surface area (Å²) < 4.78 is 10.2. The van der Waals surface area contributed by atoms with Crippen molar-refractivity contribution in [3.8, 4) is 30.3 Å². The maximum atomic E-state index is 13.3. The van der Waals surface area contributed by atoms with E-state index < -0.39 is 0 Å². The molecule has 6 saturated heterocycles. The largest absolute Gasteiger partial charge is 0.357 e. The van der Waals surface area contributed by atoms with Crippen molar-refractivity contribution in [3.05, 3.63) is 323 Å². The van der Waals surface area contributed by atoms with Crippen molar-refractivity contribution in [2.75, 3.05) is 93.2 Å². The molecule has 31 nitrogen and oxygen atoms in total. The number of nitrogens with zero attached hydrogens (tertiary/aromatic N) is 21. The number of carbonyl (C=O) groups is 2. The van der Waals surface area contributed by atoms with Gasteiger partial charge in [0.2, 0.25) is 5.95 Å². The third-order valence-corrected chi connectivity index (χ3v) is 25.8. The minimum atomic E-state index is -0.165. The fourth-order valence-electron chi connectivity index (χ4n) is 19.0. The predicted octanol–water partition coefficient (Wildman–Crippen LogP) is 9.98. The van der Waals surface area contributed by atoms with Crippen molar-refractivity contribution in [1.29, 1.82) is 26.3 Å². The average molecular weight is 1760 g/mol. The summed E-state index contributed by atoms with van der Waals surface area (Å²) >= 11 is 0. The van der Waals surface area contributed by atoms with Gasteiger partial charge in [0, 0.05) is 145 Å². The van der Waals surface area contributed by atoms with Gasteiger partial charge < -0.3 is 62.5 Å². The lowest BCUT2D eigenvalue weighted by Crippen LogP contribution is -2.54. The van der Waals surface area contributed by atoms with Crippen LogP contribution in [0.15, 0.2) is 251 Å². The molecule has 9 aliphatic rings. The van der Waals surface area contributed by atoms with Gasteiger partial charge in [-0.3, -0.25) is 42.0 Å². The van der Waals surface area contributed by atoms with Crippen LogP contribution < -0.4 is 60.3 Å². The number of rotatable bonds is 15. The lowest BCUT2D eigenvalue weighted by atomic mass is 10.0. The second-order valence-electron chi connectivity index (χ2n) is 34.8. The summed E-state index contributed by atoms with van der Waals surface area (Å²) in [5.41, 5.74) is 40.7. The van der Waals surface area contributed by atoms with Crippen LogP contribution in [-0.2, 0) is 32.7 Å². The monoisotopic (exact) mass is 1750 g/mol. The molecular weight excluding hydrogens is 1650 g/mol. The first-order valence-corrected chi connectivity index (χ1v) is 45.3. The van der Waals surface area contributed by atoms with Crippen molar-refractivity contribution in [1.82, 2.24) is 61.3 Å². The predicted molar refractivity (Wildman–Crippen MR) is 503 cm³/mol. The van der Waals surface area contributed by atoms with Crippen molar-refractivity contribution in [3.63, 3.8) is 0 Å². The number of anilines is 3. The summed E-state index contributed by atoms with van der Waals surface area (Å²) in [5, 5.41) is 47.0. The Labute approximate surface area is 760 Å². The van der Waals surface area contributed by atoms with E-state index in [1.165, 1.54) is 4.40 Å². The summed E-state index contributed by atoms with van der Waals surface area (Å²) in [6.07, 6.45) is 29.7. The average Bonchev–Trinajstić information content (AvgIpc) is 1.75. The number of nitriles is 5. The number of allylic oxidation sites excluding steroid dienone is 3. The van der Waals surface area contributed by atoms with E-state index in [0.717, 1.165) is 205 Å².